The quantitative estimate of drug-likeness (QED) is 0.623. The van der Waals surface area contributed by atoms with Gasteiger partial charge in [0.2, 0.25) is 5.95 Å². The van der Waals surface area contributed by atoms with Crippen LogP contribution in [0.4, 0.5) is 17.3 Å². The number of carbonyl (C=O) groups excluding carboxylic acids is 1. The zero-order valence-corrected chi connectivity index (χ0v) is 16.3. The number of nitrogens with one attached hydrogen (secondary N) is 2. The maximum absolute atomic E-state index is 12.8. The van der Waals surface area contributed by atoms with Gasteiger partial charge in [0.1, 0.15) is 11.4 Å². The average molecular weight is 376 g/mol. The standard InChI is InChI=1S/C22H24N4O2/c1-4-16-10-6-7-11-17(16)24-21(27)19-14-15(3)23-22(26-19)25-18-12-8-9-13-20(18)28-5-2/h6-14H,4-5H2,1-3H3,(H,24,27)(H,23,25,26). The van der Waals surface area contributed by atoms with Crippen molar-refractivity contribution in [3.8, 4) is 5.75 Å². The van der Waals surface area contributed by atoms with E-state index in [2.05, 4.69) is 27.5 Å². The molecule has 1 aromatic heterocycles. The molecule has 1 amide bonds. The van der Waals surface area contributed by atoms with E-state index < -0.39 is 0 Å². The highest BCUT2D eigenvalue weighted by Crippen LogP contribution is 2.26. The second-order valence-corrected chi connectivity index (χ2v) is 6.24. The molecule has 0 aliphatic carbocycles. The number of hydrogen-bond donors (Lipinski definition) is 2. The molecule has 0 fully saturated rings. The Kier molecular flexibility index (Phi) is 6.22. The Morgan fingerprint density at radius 3 is 2.46 bits per heavy atom. The largest absolute Gasteiger partial charge is 0.492 e. The molecule has 0 saturated heterocycles. The van der Waals surface area contributed by atoms with Crippen LogP contribution in [0.1, 0.15) is 35.6 Å². The number of ether oxygens (including phenoxy) is 1. The lowest BCUT2D eigenvalue weighted by Gasteiger charge is -2.13. The Morgan fingerprint density at radius 1 is 1.00 bits per heavy atom. The van der Waals surface area contributed by atoms with Gasteiger partial charge in [0.05, 0.1) is 12.3 Å². The van der Waals surface area contributed by atoms with Crippen molar-refractivity contribution in [2.75, 3.05) is 17.2 Å². The van der Waals surface area contributed by atoms with Crippen molar-refractivity contribution >= 4 is 23.2 Å². The molecule has 2 aromatic carbocycles. The molecule has 0 spiro atoms. The Morgan fingerprint density at radius 2 is 1.71 bits per heavy atom. The molecule has 0 aliphatic heterocycles. The van der Waals surface area contributed by atoms with E-state index in [1.807, 2.05) is 62.4 Å². The van der Waals surface area contributed by atoms with E-state index >= 15 is 0 Å². The Hall–Kier alpha value is -3.41. The average Bonchev–Trinajstić information content (AvgIpc) is 2.69. The van der Waals surface area contributed by atoms with Gasteiger partial charge in [-0.2, -0.15) is 0 Å². The summed E-state index contributed by atoms with van der Waals surface area (Å²) in [6.45, 7) is 6.37. The number of aryl methyl sites for hydroxylation is 2. The Bertz CT molecular complexity index is 972. The van der Waals surface area contributed by atoms with Crippen LogP contribution in [-0.2, 0) is 6.42 Å². The summed E-state index contributed by atoms with van der Waals surface area (Å²) in [4.78, 5) is 21.5. The first kappa shape index (κ1) is 19.4. The molecule has 1 heterocycles. The molecule has 28 heavy (non-hydrogen) atoms. The summed E-state index contributed by atoms with van der Waals surface area (Å²) in [6, 6.07) is 17.0. The number of para-hydroxylation sites is 3. The lowest BCUT2D eigenvalue weighted by atomic mass is 10.1. The minimum Gasteiger partial charge on any atom is -0.492 e. The van der Waals surface area contributed by atoms with Gasteiger partial charge in [-0.25, -0.2) is 9.97 Å². The summed E-state index contributed by atoms with van der Waals surface area (Å²) in [7, 11) is 0. The molecule has 0 saturated carbocycles. The van der Waals surface area contributed by atoms with E-state index in [4.69, 9.17) is 4.74 Å². The van der Waals surface area contributed by atoms with Crippen LogP contribution in [0.15, 0.2) is 54.6 Å². The van der Waals surface area contributed by atoms with Crippen LogP contribution in [0.5, 0.6) is 5.75 Å². The molecule has 3 aromatic rings. The number of hydrogen-bond acceptors (Lipinski definition) is 5. The minimum atomic E-state index is -0.271. The van der Waals surface area contributed by atoms with E-state index in [1.54, 1.807) is 6.07 Å². The van der Waals surface area contributed by atoms with Gasteiger partial charge < -0.3 is 15.4 Å². The first-order valence-electron chi connectivity index (χ1n) is 9.34. The highest BCUT2D eigenvalue weighted by Gasteiger charge is 2.13. The number of carbonyl (C=O) groups is 1. The van der Waals surface area contributed by atoms with Crippen molar-refractivity contribution in [1.29, 1.82) is 0 Å². The monoisotopic (exact) mass is 376 g/mol. The van der Waals surface area contributed by atoms with Crippen molar-refractivity contribution in [3.63, 3.8) is 0 Å². The number of rotatable bonds is 7. The van der Waals surface area contributed by atoms with E-state index in [0.29, 0.717) is 29.7 Å². The minimum absolute atomic E-state index is 0.271. The van der Waals surface area contributed by atoms with Gasteiger partial charge in [0.15, 0.2) is 0 Å². The Balaban J connectivity index is 1.84. The summed E-state index contributed by atoms with van der Waals surface area (Å²) in [5, 5.41) is 6.10. The topological polar surface area (TPSA) is 76.1 Å². The molecular formula is C22H24N4O2. The van der Waals surface area contributed by atoms with E-state index in [1.165, 1.54) is 0 Å². The number of amides is 1. The second kappa shape index (κ2) is 8.99. The third kappa shape index (κ3) is 4.65. The van der Waals surface area contributed by atoms with Gasteiger partial charge in [0, 0.05) is 11.4 Å². The summed E-state index contributed by atoms with van der Waals surface area (Å²) >= 11 is 0. The summed E-state index contributed by atoms with van der Waals surface area (Å²) in [5.74, 6) is 0.784. The van der Waals surface area contributed by atoms with Crippen molar-refractivity contribution < 1.29 is 9.53 Å². The molecule has 0 atom stereocenters. The fraction of sp³-hybridized carbons (Fsp3) is 0.227. The van der Waals surface area contributed by atoms with Crippen LogP contribution in [0.2, 0.25) is 0 Å². The van der Waals surface area contributed by atoms with E-state index in [0.717, 1.165) is 23.4 Å². The molecule has 0 unspecified atom stereocenters. The van der Waals surface area contributed by atoms with Gasteiger partial charge >= 0.3 is 0 Å². The normalized spacial score (nSPS) is 10.4. The maximum Gasteiger partial charge on any atom is 0.274 e. The van der Waals surface area contributed by atoms with Crippen molar-refractivity contribution in [2.24, 2.45) is 0 Å². The van der Waals surface area contributed by atoms with Crippen molar-refractivity contribution in [2.45, 2.75) is 27.2 Å². The third-order valence-electron chi connectivity index (χ3n) is 4.17. The summed E-state index contributed by atoms with van der Waals surface area (Å²) in [6.07, 6.45) is 0.834. The predicted octanol–water partition coefficient (Wildman–Crippen LogP) is 4.74. The Labute approximate surface area is 165 Å². The maximum atomic E-state index is 12.8. The smallest absolute Gasteiger partial charge is 0.274 e. The highest BCUT2D eigenvalue weighted by atomic mass is 16.5. The molecule has 6 nitrogen and oxygen atoms in total. The summed E-state index contributed by atoms with van der Waals surface area (Å²) in [5.41, 5.74) is 3.61. The van der Waals surface area contributed by atoms with Crippen molar-refractivity contribution in [3.05, 3.63) is 71.5 Å². The number of nitrogens with zero attached hydrogens (tertiary/aromatic N) is 2. The number of anilines is 3. The fourth-order valence-electron chi connectivity index (χ4n) is 2.85. The number of benzene rings is 2. The molecule has 144 valence electrons. The van der Waals surface area contributed by atoms with Crippen LogP contribution >= 0.6 is 0 Å². The zero-order chi connectivity index (χ0) is 19.9. The SMILES string of the molecule is CCOc1ccccc1Nc1nc(C)cc(C(=O)Nc2ccccc2CC)n1. The lowest BCUT2D eigenvalue weighted by Crippen LogP contribution is -2.16. The van der Waals surface area contributed by atoms with Gasteiger partial charge in [0.25, 0.3) is 5.91 Å². The third-order valence-corrected chi connectivity index (χ3v) is 4.17. The van der Waals surface area contributed by atoms with Crippen molar-refractivity contribution in [1.82, 2.24) is 9.97 Å². The van der Waals surface area contributed by atoms with Crippen LogP contribution in [0.25, 0.3) is 0 Å². The highest BCUT2D eigenvalue weighted by molar-refractivity contribution is 6.03. The first-order valence-corrected chi connectivity index (χ1v) is 9.34. The molecule has 3 rings (SSSR count). The second-order valence-electron chi connectivity index (χ2n) is 6.24. The van der Waals surface area contributed by atoms with Gasteiger partial charge in [-0.15, -0.1) is 0 Å². The van der Waals surface area contributed by atoms with Gasteiger partial charge in [-0.3, -0.25) is 4.79 Å². The zero-order valence-electron chi connectivity index (χ0n) is 16.3. The van der Waals surface area contributed by atoms with Crippen LogP contribution in [-0.4, -0.2) is 22.5 Å². The molecule has 0 bridgehead atoms. The number of aromatic nitrogens is 2. The van der Waals surface area contributed by atoms with Gasteiger partial charge in [-0.05, 0) is 50.1 Å². The predicted molar refractivity (Wildman–Crippen MR) is 111 cm³/mol. The van der Waals surface area contributed by atoms with Gasteiger partial charge in [-0.1, -0.05) is 37.3 Å². The van der Waals surface area contributed by atoms with Crippen LogP contribution in [0, 0.1) is 6.92 Å². The fourth-order valence-corrected chi connectivity index (χ4v) is 2.85. The molecule has 2 N–H and O–H groups in total. The van der Waals surface area contributed by atoms with E-state index in [-0.39, 0.29) is 5.91 Å². The molecule has 0 aliphatic rings. The molecular weight excluding hydrogens is 352 g/mol. The van der Waals surface area contributed by atoms with E-state index in [9.17, 15) is 4.79 Å². The summed E-state index contributed by atoms with van der Waals surface area (Å²) < 4.78 is 5.62. The van der Waals surface area contributed by atoms with Crippen LogP contribution < -0.4 is 15.4 Å². The molecule has 0 radical (unpaired) electrons. The van der Waals surface area contributed by atoms with Crippen LogP contribution in [0.3, 0.4) is 0 Å². The first-order chi connectivity index (χ1) is 13.6. The molecule has 6 heteroatoms. The lowest BCUT2D eigenvalue weighted by molar-refractivity contribution is 0.102.